The van der Waals surface area contributed by atoms with Gasteiger partial charge in [0.05, 0.1) is 33.9 Å². The zero-order chi connectivity index (χ0) is 20.1. The molecular weight excluding hydrogens is 368 g/mol. The standard InChI is InChI=1S/C20H16N8O/c21-17(22)9-1-3-12-14(7-9)27-19(25-12)11-5-6-29-16(11)20-26-13-4-2-10(18(23)24)8-15(13)28-20/h1-8H,(H3,21,22)(H3,23,24)(H,25,27)(H,26,28). The van der Waals surface area contributed by atoms with Crippen LogP contribution in [0.15, 0.2) is 53.1 Å². The van der Waals surface area contributed by atoms with E-state index in [-0.39, 0.29) is 11.7 Å². The Labute approximate surface area is 163 Å². The molecule has 0 bridgehead atoms. The minimum atomic E-state index is -0.00561. The lowest BCUT2D eigenvalue weighted by molar-refractivity contribution is 0.579. The Bertz CT molecular complexity index is 1310. The van der Waals surface area contributed by atoms with Gasteiger partial charge in [-0.25, -0.2) is 9.97 Å². The van der Waals surface area contributed by atoms with Crippen LogP contribution < -0.4 is 11.5 Å². The highest BCUT2D eigenvalue weighted by atomic mass is 16.3. The Balaban J connectivity index is 1.61. The Morgan fingerprint density at radius 3 is 1.93 bits per heavy atom. The van der Waals surface area contributed by atoms with Gasteiger partial charge in [-0.3, -0.25) is 10.8 Å². The molecule has 29 heavy (non-hydrogen) atoms. The molecule has 0 fully saturated rings. The third-order valence-corrected chi connectivity index (χ3v) is 4.72. The lowest BCUT2D eigenvalue weighted by Gasteiger charge is -1.97. The van der Waals surface area contributed by atoms with Crippen LogP contribution in [0.4, 0.5) is 0 Å². The van der Waals surface area contributed by atoms with Crippen molar-refractivity contribution in [2.24, 2.45) is 11.5 Å². The minimum absolute atomic E-state index is 0.000689. The van der Waals surface area contributed by atoms with E-state index in [0.717, 1.165) is 27.6 Å². The number of nitrogens with two attached hydrogens (primary N) is 2. The third-order valence-electron chi connectivity index (χ3n) is 4.72. The highest BCUT2D eigenvalue weighted by Gasteiger charge is 2.18. The maximum Gasteiger partial charge on any atom is 0.180 e. The van der Waals surface area contributed by atoms with Crippen LogP contribution in [0.25, 0.3) is 45.0 Å². The van der Waals surface area contributed by atoms with Gasteiger partial charge in [0.25, 0.3) is 0 Å². The number of nitrogens with one attached hydrogen (secondary N) is 4. The zero-order valence-electron chi connectivity index (χ0n) is 15.1. The van der Waals surface area contributed by atoms with Gasteiger partial charge < -0.3 is 25.9 Å². The minimum Gasteiger partial charge on any atom is -0.460 e. The van der Waals surface area contributed by atoms with Crippen molar-refractivity contribution < 1.29 is 4.42 Å². The molecule has 5 aromatic rings. The second-order valence-corrected chi connectivity index (χ2v) is 6.63. The predicted molar refractivity (Wildman–Crippen MR) is 111 cm³/mol. The van der Waals surface area contributed by atoms with Crippen LogP contribution in [0.1, 0.15) is 11.1 Å². The van der Waals surface area contributed by atoms with E-state index in [1.165, 1.54) is 0 Å². The van der Waals surface area contributed by atoms with Crippen LogP contribution in [-0.4, -0.2) is 31.6 Å². The van der Waals surface area contributed by atoms with Crippen molar-refractivity contribution >= 4 is 33.7 Å². The van der Waals surface area contributed by atoms with Crippen LogP contribution in [-0.2, 0) is 0 Å². The number of furan rings is 1. The van der Waals surface area contributed by atoms with Crippen molar-refractivity contribution in [3.05, 3.63) is 59.9 Å². The van der Waals surface area contributed by atoms with Gasteiger partial charge in [0.2, 0.25) is 0 Å². The predicted octanol–water partition coefficient (Wildman–Crippen LogP) is 2.93. The quantitative estimate of drug-likeness (QED) is 0.206. The summed E-state index contributed by atoms with van der Waals surface area (Å²) in [6, 6.07) is 12.5. The molecule has 0 amide bonds. The van der Waals surface area contributed by atoms with E-state index in [4.69, 9.17) is 26.7 Å². The number of nitrogens with zero attached hydrogens (tertiary/aromatic N) is 2. The summed E-state index contributed by atoms with van der Waals surface area (Å²) in [4.78, 5) is 15.7. The summed E-state index contributed by atoms with van der Waals surface area (Å²) in [5, 5.41) is 15.2. The highest BCUT2D eigenvalue weighted by molar-refractivity contribution is 5.99. The SMILES string of the molecule is N=C(N)c1ccc2nc(-c3ccoc3-c3nc4ccc(C(=N)N)cc4[nH]3)[nH]c2c1. The molecule has 5 rings (SSSR count). The molecule has 8 N–H and O–H groups in total. The van der Waals surface area contributed by atoms with E-state index in [1.54, 1.807) is 36.6 Å². The number of benzene rings is 2. The molecule has 0 saturated heterocycles. The van der Waals surface area contributed by atoms with Crippen molar-refractivity contribution in [1.82, 2.24) is 19.9 Å². The van der Waals surface area contributed by atoms with Gasteiger partial charge in [0.15, 0.2) is 11.6 Å². The van der Waals surface area contributed by atoms with Crippen molar-refractivity contribution in [3.8, 4) is 23.0 Å². The molecule has 3 aromatic heterocycles. The summed E-state index contributed by atoms with van der Waals surface area (Å²) in [7, 11) is 0. The zero-order valence-corrected chi connectivity index (χ0v) is 15.1. The van der Waals surface area contributed by atoms with E-state index < -0.39 is 0 Å². The Morgan fingerprint density at radius 2 is 1.34 bits per heavy atom. The van der Waals surface area contributed by atoms with E-state index >= 15 is 0 Å². The molecular formula is C20H16N8O. The van der Waals surface area contributed by atoms with E-state index in [9.17, 15) is 0 Å². The third kappa shape index (κ3) is 2.72. The van der Waals surface area contributed by atoms with Gasteiger partial charge in [0, 0.05) is 11.1 Å². The number of aromatic nitrogens is 4. The van der Waals surface area contributed by atoms with Crippen LogP contribution in [0.3, 0.4) is 0 Å². The lowest BCUT2D eigenvalue weighted by atomic mass is 10.2. The average molecular weight is 384 g/mol. The molecule has 142 valence electrons. The summed E-state index contributed by atoms with van der Waals surface area (Å²) >= 11 is 0. The summed E-state index contributed by atoms with van der Waals surface area (Å²) in [5.74, 6) is 1.70. The first-order valence-electron chi connectivity index (χ1n) is 8.76. The van der Waals surface area contributed by atoms with Gasteiger partial charge in [-0.15, -0.1) is 0 Å². The second-order valence-electron chi connectivity index (χ2n) is 6.63. The summed E-state index contributed by atoms with van der Waals surface area (Å²) in [5.41, 5.74) is 16.2. The number of fused-ring (bicyclic) bond motifs is 2. The normalized spacial score (nSPS) is 11.3. The summed E-state index contributed by atoms with van der Waals surface area (Å²) < 4.78 is 5.70. The Hall–Kier alpha value is -4.40. The number of H-pyrrole nitrogens is 2. The fourth-order valence-corrected chi connectivity index (χ4v) is 3.27. The monoisotopic (exact) mass is 384 g/mol. The number of hydrogen-bond acceptors (Lipinski definition) is 5. The van der Waals surface area contributed by atoms with E-state index in [2.05, 4.69) is 19.9 Å². The van der Waals surface area contributed by atoms with Crippen LogP contribution in [0.5, 0.6) is 0 Å². The first-order valence-corrected chi connectivity index (χ1v) is 8.76. The first kappa shape index (κ1) is 16.8. The molecule has 0 aliphatic carbocycles. The van der Waals surface area contributed by atoms with Crippen LogP contribution in [0, 0.1) is 10.8 Å². The van der Waals surface area contributed by atoms with Crippen molar-refractivity contribution in [2.45, 2.75) is 0 Å². The van der Waals surface area contributed by atoms with Crippen LogP contribution >= 0.6 is 0 Å². The molecule has 0 aliphatic rings. The topological polar surface area (TPSA) is 170 Å². The smallest absolute Gasteiger partial charge is 0.180 e. The lowest BCUT2D eigenvalue weighted by Crippen LogP contribution is -2.10. The number of aromatic amines is 2. The second kappa shape index (κ2) is 6.06. The highest BCUT2D eigenvalue weighted by Crippen LogP contribution is 2.32. The summed E-state index contributed by atoms with van der Waals surface area (Å²) in [6.45, 7) is 0. The molecule has 0 radical (unpaired) electrons. The maximum absolute atomic E-state index is 7.59. The molecule has 0 saturated carbocycles. The number of amidine groups is 2. The van der Waals surface area contributed by atoms with Crippen molar-refractivity contribution in [2.75, 3.05) is 0 Å². The van der Waals surface area contributed by atoms with Gasteiger partial charge in [0.1, 0.15) is 17.5 Å². The number of imidazole rings is 2. The van der Waals surface area contributed by atoms with Gasteiger partial charge in [-0.05, 0) is 42.5 Å². The number of nitrogen functional groups attached to an aromatic ring is 2. The largest absolute Gasteiger partial charge is 0.460 e. The Morgan fingerprint density at radius 1 is 0.793 bits per heavy atom. The van der Waals surface area contributed by atoms with Gasteiger partial charge >= 0.3 is 0 Å². The van der Waals surface area contributed by atoms with Gasteiger partial charge in [-0.2, -0.15) is 0 Å². The number of rotatable bonds is 4. The van der Waals surface area contributed by atoms with E-state index in [0.29, 0.717) is 28.5 Å². The number of hydrogen-bond donors (Lipinski definition) is 6. The molecule has 0 atom stereocenters. The fourth-order valence-electron chi connectivity index (χ4n) is 3.27. The molecule has 0 spiro atoms. The van der Waals surface area contributed by atoms with E-state index in [1.807, 2.05) is 12.1 Å². The van der Waals surface area contributed by atoms with Crippen molar-refractivity contribution in [3.63, 3.8) is 0 Å². The fraction of sp³-hybridized carbons (Fsp3) is 0. The maximum atomic E-state index is 7.59. The molecule has 3 heterocycles. The molecule has 0 aliphatic heterocycles. The van der Waals surface area contributed by atoms with Crippen molar-refractivity contribution in [1.29, 1.82) is 10.8 Å². The Kier molecular flexibility index (Phi) is 3.50. The molecule has 2 aromatic carbocycles. The molecule has 0 unspecified atom stereocenters. The summed E-state index contributed by atoms with van der Waals surface area (Å²) in [6.07, 6.45) is 1.58. The average Bonchev–Trinajstić information content (AvgIpc) is 3.42. The van der Waals surface area contributed by atoms with Crippen LogP contribution in [0.2, 0.25) is 0 Å². The molecule has 9 heteroatoms. The first-order chi connectivity index (χ1) is 14.0. The molecule has 9 nitrogen and oxygen atoms in total. The van der Waals surface area contributed by atoms with Gasteiger partial charge in [-0.1, -0.05) is 0 Å².